The quantitative estimate of drug-likeness (QED) is 0.726. The van der Waals surface area contributed by atoms with Gasteiger partial charge in [0.1, 0.15) is 12.1 Å². The Bertz CT molecular complexity index is 969. The molecule has 1 atom stereocenters. The van der Waals surface area contributed by atoms with Gasteiger partial charge in [-0.1, -0.05) is 24.1 Å². The monoisotopic (exact) mass is 312 g/mol. The number of benzene rings is 2. The molecule has 116 valence electrons. The lowest BCUT2D eigenvalue weighted by molar-refractivity contribution is 0.814. The third kappa shape index (κ3) is 2.68. The summed E-state index contributed by atoms with van der Waals surface area (Å²) in [6, 6.07) is 14.1. The summed E-state index contributed by atoms with van der Waals surface area (Å²) in [6.45, 7) is 0.923. The van der Waals surface area contributed by atoms with E-state index in [4.69, 9.17) is 6.42 Å². The number of nitrogens with one attached hydrogen (secondary N) is 2. The summed E-state index contributed by atoms with van der Waals surface area (Å²) in [5, 5.41) is 7.60. The van der Waals surface area contributed by atoms with E-state index in [1.165, 1.54) is 5.56 Å². The fraction of sp³-hybridized carbons (Fsp3) is 0.100. The van der Waals surface area contributed by atoms with Gasteiger partial charge in [0, 0.05) is 29.1 Å². The fourth-order valence-electron chi connectivity index (χ4n) is 2.90. The van der Waals surface area contributed by atoms with Crippen molar-refractivity contribution >= 4 is 22.4 Å². The van der Waals surface area contributed by atoms with Crippen molar-refractivity contribution in [2.24, 2.45) is 0 Å². The molecule has 0 saturated carbocycles. The number of hydrogen-bond donors (Lipinski definition) is 2. The maximum atomic E-state index is 5.48. The molecule has 3 aromatic rings. The second-order valence-electron chi connectivity index (χ2n) is 5.72. The number of anilines is 2. The van der Waals surface area contributed by atoms with Gasteiger partial charge < -0.3 is 10.6 Å². The molecule has 24 heavy (non-hydrogen) atoms. The topological polar surface area (TPSA) is 49.8 Å². The molecule has 0 bridgehead atoms. The molecule has 1 unspecified atom stereocenters. The van der Waals surface area contributed by atoms with Crippen molar-refractivity contribution < 1.29 is 0 Å². The van der Waals surface area contributed by atoms with Crippen LogP contribution in [-0.2, 0) is 0 Å². The van der Waals surface area contributed by atoms with Gasteiger partial charge in [0.25, 0.3) is 0 Å². The lowest BCUT2D eigenvalue weighted by atomic mass is 9.99. The average molecular weight is 312 g/mol. The van der Waals surface area contributed by atoms with Crippen LogP contribution in [0.4, 0.5) is 11.5 Å². The van der Waals surface area contributed by atoms with Crippen LogP contribution < -0.4 is 10.6 Å². The van der Waals surface area contributed by atoms with Crippen LogP contribution in [0, 0.1) is 12.3 Å². The average Bonchev–Trinajstić information content (AvgIpc) is 3.16. The van der Waals surface area contributed by atoms with E-state index in [0.717, 1.165) is 34.5 Å². The molecule has 4 nitrogen and oxygen atoms in total. The zero-order chi connectivity index (χ0) is 16.4. The standard InChI is InChI=1S/C20H16N4/c1-2-14-4-3-5-17(10-14)24-20-18-11-15(16-8-9-21-12-16)6-7-19(18)22-13-23-20/h1,3-11,13,16,21H,12H2,(H,22,23,24). The van der Waals surface area contributed by atoms with E-state index in [1.807, 2.05) is 36.5 Å². The van der Waals surface area contributed by atoms with Crippen molar-refractivity contribution in [3.8, 4) is 12.3 Å². The molecule has 2 N–H and O–H groups in total. The fourth-order valence-corrected chi connectivity index (χ4v) is 2.90. The molecular formula is C20H16N4. The molecule has 0 radical (unpaired) electrons. The number of terminal acetylenes is 1. The van der Waals surface area contributed by atoms with Crippen molar-refractivity contribution in [2.45, 2.75) is 5.92 Å². The molecule has 2 aromatic carbocycles. The van der Waals surface area contributed by atoms with Gasteiger partial charge in [-0.15, -0.1) is 6.42 Å². The van der Waals surface area contributed by atoms with Crippen LogP contribution in [0.3, 0.4) is 0 Å². The van der Waals surface area contributed by atoms with Crippen molar-refractivity contribution in [3.05, 3.63) is 72.2 Å². The zero-order valence-electron chi connectivity index (χ0n) is 13.0. The minimum Gasteiger partial charge on any atom is -0.390 e. The highest BCUT2D eigenvalue weighted by atomic mass is 15.0. The van der Waals surface area contributed by atoms with Crippen LogP contribution in [0.2, 0.25) is 0 Å². The van der Waals surface area contributed by atoms with Gasteiger partial charge in [0.15, 0.2) is 0 Å². The van der Waals surface area contributed by atoms with Gasteiger partial charge in [-0.05, 0) is 42.1 Å². The molecule has 1 aromatic heterocycles. The first-order valence-corrected chi connectivity index (χ1v) is 7.82. The maximum absolute atomic E-state index is 5.48. The first-order valence-electron chi connectivity index (χ1n) is 7.82. The van der Waals surface area contributed by atoms with Gasteiger partial charge >= 0.3 is 0 Å². The van der Waals surface area contributed by atoms with Gasteiger partial charge in [0.05, 0.1) is 5.52 Å². The largest absolute Gasteiger partial charge is 0.390 e. The van der Waals surface area contributed by atoms with E-state index in [2.05, 4.69) is 44.7 Å². The molecule has 1 aliphatic heterocycles. The van der Waals surface area contributed by atoms with Crippen LogP contribution >= 0.6 is 0 Å². The summed E-state index contributed by atoms with van der Waals surface area (Å²) in [5.41, 5.74) is 3.91. The molecule has 0 spiro atoms. The molecule has 4 rings (SSSR count). The Kier molecular flexibility index (Phi) is 3.60. The van der Waals surface area contributed by atoms with Gasteiger partial charge in [-0.3, -0.25) is 0 Å². The Balaban J connectivity index is 1.75. The summed E-state index contributed by atoms with van der Waals surface area (Å²) in [6.07, 6.45) is 11.2. The summed E-state index contributed by atoms with van der Waals surface area (Å²) in [5.74, 6) is 3.81. The summed E-state index contributed by atoms with van der Waals surface area (Å²) >= 11 is 0. The first kappa shape index (κ1) is 14.3. The van der Waals surface area contributed by atoms with Gasteiger partial charge in [-0.25, -0.2) is 9.97 Å². The van der Waals surface area contributed by atoms with Crippen LogP contribution in [0.25, 0.3) is 10.9 Å². The number of nitrogens with zero attached hydrogens (tertiary/aromatic N) is 2. The van der Waals surface area contributed by atoms with Crippen LogP contribution in [0.5, 0.6) is 0 Å². The number of fused-ring (bicyclic) bond motifs is 1. The van der Waals surface area contributed by atoms with E-state index in [0.29, 0.717) is 5.92 Å². The highest BCUT2D eigenvalue weighted by molar-refractivity contribution is 5.91. The summed E-state index contributed by atoms with van der Waals surface area (Å²) in [7, 11) is 0. The van der Waals surface area contributed by atoms with E-state index in [1.54, 1.807) is 6.33 Å². The minimum absolute atomic E-state index is 0.382. The second-order valence-corrected chi connectivity index (χ2v) is 5.72. The second kappa shape index (κ2) is 6.05. The Morgan fingerprint density at radius 3 is 2.96 bits per heavy atom. The highest BCUT2D eigenvalue weighted by Gasteiger charge is 2.13. The SMILES string of the molecule is C#Cc1cccc(Nc2ncnc3ccc(C4C=CNC4)cc23)c1. The Labute approximate surface area is 140 Å². The number of aromatic nitrogens is 2. The van der Waals surface area contributed by atoms with E-state index in [9.17, 15) is 0 Å². The predicted octanol–water partition coefficient (Wildman–Crippen LogP) is 3.56. The molecule has 0 amide bonds. The molecule has 4 heteroatoms. The molecule has 1 aliphatic rings. The third-order valence-corrected chi connectivity index (χ3v) is 4.16. The Morgan fingerprint density at radius 1 is 1.17 bits per heavy atom. The van der Waals surface area contributed by atoms with Crippen molar-refractivity contribution in [3.63, 3.8) is 0 Å². The van der Waals surface area contributed by atoms with E-state index >= 15 is 0 Å². The van der Waals surface area contributed by atoms with Crippen molar-refractivity contribution in [2.75, 3.05) is 11.9 Å². The van der Waals surface area contributed by atoms with Crippen LogP contribution in [-0.4, -0.2) is 16.5 Å². The molecule has 2 heterocycles. The zero-order valence-corrected chi connectivity index (χ0v) is 13.0. The lowest BCUT2D eigenvalue weighted by Crippen LogP contribution is -2.07. The number of rotatable bonds is 3. The summed E-state index contributed by atoms with van der Waals surface area (Å²) < 4.78 is 0. The predicted molar refractivity (Wildman–Crippen MR) is 97.1 cm³/mol. The summed E-state index contributed by atoms with van der Waals surface area (Å²) in [4.78, 5) is 8.79. The van der Waals surface area contributed by atoms with Crippen LogP contribution in [0.15, 0.2) is 61.1 Å². The Hall–Kier alpha value is -3.32. The van der Waals surface area contributed by atoms with E-state index in [-0.39, 0.29) is 0 Å². The van der Waals surface area contributed by atoms with E-state index < -0.39 is 0 Å². The van der Waals surface area contributed by atoms with Gasteiger partial charge in [0.2, 0.25) is 0 Å². The normalized spacial score (nSPS) is 15.9. The molecule has 0 saturated heterocycles. The Morgan fingerprint density at radius 2 is 2.12 bits per heavy atom. The van der Waals surface area contributed by atoms with Crippen molar-refractivity contribution in [1.29, 1.82) is 0 Å². The number of hydrogen-bond acceptors (Lipinski definition) is 4. The first-order chi connectivity index (χ1) is 11.8. The lowest BCUT2D eigenvalue weighted by Gasteiger charge is -2.12. The highest BCUT2D eigenvalue weighted by Crippen LogP contribution is 2.28. The van der Waals surface area contributed by atoms with Crippen molar-refractivity contribution in [1.82, 2.24) is 15.3 Å². The maximum Gasteiger partial charge on any atom is 0.141 e. The molecule has 0 fully saturated rings. The van der Waals surface area contributed by atoms with Gasteiger partial charge in [-0.2, -0.15) is 0 Å². The smallest absolute Gasteiger partial charge is 0.141 e. The molecule has 0 aliphatic carbocycles. The minimum atomic E-state index is 0.382. The molecular weight excluding hydrogens is 296 g/mol. The third-order valence-electron chi connectivity index (χ3n) is 4.16. The van der Waals surface area contributed by atoms with Crippen LogP contribution in [0.1, 0.15) is 17.0 Å².